The molecule has 0 fully saturated rings. The number of carbonyl (C=O) groups is 2. The maximum Gasteiger partial charge on any atom is 0.244 e. The summed E-state index contributed by atoms with van der Waals surface area (Å²) in [4.78, 5) is 23.7. The second-order valence-corrected chi connectivity index (χ2v) is 10.4. The number of nitrogens with one attached hydrogen (secondary N) is 2. The van der Waals surface area contributed by atoms with E-state index in [-0.39, 0.29) is 57.8 Å². The molecule has 0 atom stereocenters. The lowest BCUT2D eigenvalue weighted by Crippen LogP contribution is -2.23. The molecule has 258 valence electrons. The molecule has 4 aromatic rings. The van der Waals surface area contributed by atoms with Crippen LogP contribution in [0.2, 0.25) is 0 Å². The Morgan fingerprint density at radius 3 is 1.33 bits per heavy atom. The molecular weight excluding hydrogens is 632 g/mol. The van der Waals surface area contributed by atoms with E-state index in [4.69, 9.17) is 14.2 Å². The molecule has 0 bridgehead atoms. The number of hydrogen-bond acceptors (Lipinski definition) is 10. The number of aromatic hydroxyl groups is 5. The molecule has 2 amide bonds. The van der Waals surface area contributed by atoms with Gasteiger partial charge in [0.05, 0.1) is 21.3 Å². The largest absolute Gasteiger partial charge is 0.508 e. The predicted octanol–water partition coefficient (Wildman–Crippen LogP) is 4.67. The van der Waals surface area contributed by atoms with Crippen molar-refractivity contribution in [2.75, 3.05) is 34.4 Å². The fraction of sp³-hybridized carbons (Fsp3) is 0.189. The third-order valence-corrected chi connectivity index (χ3v) is 6.95. The Morgan fingerprint density at radius 2 is 0.939 bits per heavy atom. The third kappa shape index (κ3) is 12.1. The molecule has 0 aliphatic heterocycles. The molecule has 0 saturated carbocycles. The summed E-state index contributed by atoms with van der Waals surface area (Å²) < 4.78 is 15.1. The molecule has 7 N–H and O–H groups in total. The number of carbonyl (C=O) groups excluding carboxylic acids is 2. The maximum absolute atomic E-state index is 11.9. The first kappa shape index (κ1) is 37.2. The van der Waals surface area contributed by atoms with Gasteiger partial charge in [-0.25, -0.2) is 0 Å². The molecule has 0 radical (unpaired) electrons. The van der Waals surface area contributed by atoms with E-state index in [1.165, 1.54) is 51.7 Å². The number of hydrogen-bond donors (Lipinski definition) is 7. The monoisotopic (exact) mass is 672 g/mol. The van der Waals surface area contributed by atoms with E-state index >= 15 is 0 Å². The summed E-state index contributed by atoms with van der Waals surface area (Å²) in [5, 5.41) is 52.9. The Bertz CT molecular complexity index is 1730. The number of phenols is 5. The van der Waals surface area contributed by atoms with Crippen molar-refractivity contribution in [3.8, 4) is 46.0 Å². The van der Waals surface area contributed by atoms with Crippen molar-refractivity contribution in [2.45, 2.75) is 12.8 Å². The molecule has 4 aromatic carbocycles. The van der Waals surface area contributed by atoms with Gasteiger partial charge in [-0.2, -0.15) is 0 Å². The van der Waals surface area contributed by atoms with Gasteiger partial charge in [0, 0.05) is 25.2 Å². The van der Waals surface area contributed by atoms with Crippen LogP contribution in [-0.2, 0) is 22.4 Å². The summed E-state index contributed by atoms with van der Waals surface area (Å²) >= 11 is 0. The summed E-state index contributed by atoms with van der Waals surface area (Å²) in [6.45, 7) is 0.939. The molecule has 49 heavy (non-hydrogen) atoms. The van der Waals surface area contributed by atoms with Crippen LogP contribution in [0, 0.1) is 0 Å². The number of ether oxygens (including phenoxy) is 3. The first-order valence-electron chi connectivity index (χ1n) is 15.1. The SMILES string of the molecule is COc1cc(/C=C/C(=O)NCCc2ccc(O)cc2)cc(O)c1O.COc1cc(/C=C/C(=O)NCCc2ccc(O)cc2)cc(OC)c1O. The zero-order valence-electron chi connectivity index (χ0n) is 27.3. The minimum atomic E-state index is -0.340. The molecule has 12 heteroatoms. The van der Waals surface area contributed by atoms with E-state index < -0.39 is 0 Å². The van der Waals surface area contributed by atoms with Crippen molar-refractivity contribution in [3.05, 3.63) is 107 Å². The highest BCUT2D eigenvalue weighted by Crippen LogP contribution is 2.38. The van der Waals surface area contributed by atoms with Crippen molar-refractivity contribution in [1.82, 2.24) is 10.6 Å². The number of methoxy groups -OCH3 is 3. The molecule has 12 nitrogen and oxygen atoms in total. The summed E-state index contributed by atoms with van der Waals surface area (Å²) in [5.41, 5.74) is 3.22. The zero-order valence-corrected chi connectivity index (χ0v) is 27.3. The van der Waals surface area contributed by atoms with Gasteiger partial charge in [-0.1, -0.05) is 24.3 Å². The average Bonchev–Trinajstić information content (AvgIpc) is 3.10. The van der Waals surface area contributed by atoms with Crippen molar-refractivity contribution in [2.24, 2.45) is 0 Å². The Balaban J connectivity index is 0.000000266. The lowest BCUT2D eigenvalue weighted by molar-refractivity contribution is -0.117. The van der Waals surface area contributed by atoms with Gasteiger partial charge in [-0.3, -0.25) is 9.59 Å². The van der Waals surface area contributed by atoms with Crippen LogP contribution in [-0.4, -0.2) is 71.8 Å². The van der Waals surface area contributed by atoms with E-state index in [2.05, 4.69) is 10.6 Å². The lowest BCUT2D eigenvalue weighted by Gasteiger charge is -2.09. The normalized spacial score (nSPS) is 10.7. The van der Waals surface area contributed by atoms with Crippen LogP contribution in [0.15, 0.2) is 84.9 Å². The maximum atomic E-state index is 11.9. The molecular formula is C37H40N2O10. The first-order valence-corrected chi connectivity index (χ1v) is 15.1. The number of rotatable bonds is 13. The van der Waals surface area contributed by atoms with Crippen molar-refractivity contribution >= 4 is 24.0 Å². The van der Waals surface area contributed by atoms with Gasteiger partial charge in [0.25, 0.3) is 0 Å². The third-order valence-electron chi connectivity index (χ3n) is 6.95. The average molecular weight is 673 g/mol. The van der Waals surface area contributed by atoms with Crippen molar-refractivity contribution in [1.29, 1.82) is 0 Å². The van der Waals surface area contributed by atoms with Crippen LogP contribution >= 0.6 is 0 Å². The van der Waals surface area contributed by atoms with Crippen molar-refractivity contribution in [3.63, 3.8) is 0 Å². The van der Waals surface area contributed by atoms with Crippen LogP contribution in [0.3, 0.4) is 0 Å². The van der Waals surface area contributed by atoms with Gasteiger partial charge in [0.1, 0.15) is 11.5 Å². The van der Waals surface area contributed by atoms with E-state index in [1.807, 2.05) is 12.1 Å². The second kappa shape index (κ2) is 18.7. The van der Waals surface area contributed by atoms with Gasteiger partial charge in [-0.15, -0.1) is 0 Å². The highest BCUT2D eigenvalue weighted by molar-refractivity contribution is 5.92. The van der Waals surface area contributed by atoms with E-state index in [0.717, 1.165) is 11.1 Å². The van der Waals surface area contributed by atoms with Crippen LogP contribution in [0.4, 0.5) is 0 Å². The van der Waals surface area contributed by atoms with Gasteiger partial charge in [0.15, 0.2) is 23.0 Å². The van der Waals surface area contributed by atoms with Crippen molar-refractivity contribution < 1.29 is 49.3 Å². The van der Waals surface area contributed by atoms with Gasteiger partial charge in [-0.05, 0) is 95.8 Å². The lowest BCUT2D eigenvalue weighted by atomic mass is 10.1. The molecule has 0 aliphatic rings. The van der Waals surface area contributed by atoms with E-state index in [1.54, 1.807) is 54.6 Å². The summed E-state index contributed by atoms with van der Waals surface area (Å²) in [5.74, 6) is -0.157. The first-order chi connectivity index (χ1) is 23.5. The van der Waals surface area contributed by atoms with Gasteiger partial charge >= 0.3 is 0 Å². The van der Waals surface area contributed by atoms with Crippen LogP contribution < -0.4 is 24.8 Å². The van der Waals surface area contributed by atoms with E-state index in [0.29, 0.717) is 37.1 Å². The molecule has 0 aromatic heterocycles. The summed E-state index contributed by atoms with van der Waals surface area (Å²) in [6, 6.07) is 19.7. The number of amides is 2. The standard InChI is InChI=1S/C19H21NO5.C18H19NO5/c1-24-16-11-14(12-17(25-2)19(16)23)5-8-18(22)20-10-9-13-3-6-15(21)7-4-13;1-24-16-11-13(10-15(21)18(16)23)4-7-17(22)19-9-8-12-2-5-14(20)6-3-12/h3-8,11-12,21,23H,9-10H2,1-2H3,(H,20,22);2-7,10-11,20-21,23H,8-9H2,1H3,(H,19,22)/b8-5+;7-4+. The number of phenolic OH excluding ortho intramolecular Hbond substituents is 5. The van der Waals surface area contributed by atoms with Gasteiger partial charge < -0.3 is 50.4 Å². The summed E-state index contributed by atoms with van der Waals surface area (Å²) in [7, 11) is 4.26. The Hall–Kier alpha value is -6.30. The topological polar surface area (TPSA) is 187 Å². The van der Waals surface area contributed by atoms with Crippen LogP contribution in [0.1, 0.15) is 22.3 Å². The molecule has 0 aliphatic carbocycles. The molecule has 0 spiro atoms. The quantitative estimate of drug-likeness (QED) is 0.0777. The molecule has 4 rings (SSSR count). The molecule has 0 heterocycles. The Labute approximate surface area is 284 Å². The Morgan fingerprint density at radius 1 is 0.571 bits per heavy atom. The highest BCUT2D eigenvalue weighted by atomic mass is 16.5. The zero-order chi connectivity index (χ0) is 35.8. The van der Waals surface area contributed by atoms with Crippen LogP contribution in [0.25, 0.3) is 12.2 Å². The minimum Gasteiger partial charge on any atom is -0.508 e. The highest BCUT2D eigenvalue weighted by Gasteiger charge is 2.11. The fourth-order valence-corrected chi connectivity index (χ4v) is 4.32. The van der Waals surface area contributed by atoms with E-state index in [9.17, 15) is 35.1 Å². The second-order valence-electron chi connectivity index (χ2n) is 10.4. The fourth-order valence-electron chi connectivity index (χ4n) is 4.32. The smallest absolute Gasteiger partial charge is 0.244 e. The van der Waals surface area contributed by atoms with Crippen LogP contribution in [0.5, 0.6) is 46.0 Å². The summed E-state index contributed by atoms with van der Waals surface area (Å²) in [6.07, 6.45) is 7.18. The Kier molecular flexibility index (Phi) is 14.2. The minimum absolute atomic E-state index is 0.0829. The molecule has 0 saturated heterocycles. The predicted molar refractivity (Wildman–Crippen MR) is 185 cm³/mol. The number of benzene rings is 4. The molecule has 0 unspecified atom stereocenters. The van der Waals surface area contributed by atoms with Gasteiger partial charge in [0.2, 0.25) is 23.3 Å².